The monoisotopic (exact) mass is 491 g/mol. The van der Waals surface area contributed by atoms with Crippen molar-refractivity contribution in [1.82, 2.24) is 10.6 Å². The summed E-state index contributed by atoms with van der Waals surface area (Å²) in [7, 11) is 3.32. The van der Waals surface area contributed by atoms with Gasteiger partial charge in [0.15, 0.2) is 17.5 Å². The molecule has 0 unspecified atom stereocenters. The highest BCUT2D eigenvalue weighted by molar-refractivity contribution is 14.0. The summed E-state index contributed by atoms with van der Waals surface area (Å²) < 4.78 is 10.5. The van der Waals surface area contributed by atoms with Gasteiger partial charge in [-0.1, -0.05) is 25.0 Å². The molecule has 0 aromatic heterocycles. The molecule has 3 N–H and O–H groups in total. The summed E-state index contributed by atoms with van der Waals surface area (Å²) in [6.07, 6.45) is 6.12. The zero-order chi connectivity index (χ0) is 18.8. The number of ether oxygens (including phenoxy) is 2. The van der Waals surface area contributed by atoms with Crippen molar-refractivity contribution in [3.8, 4) is 11.5 Å². The Hall–Kier alpha value is -1.22. The lowest BCUT2D eigenvalue weighted by molar-refractivity contribution is 0.138. The fourth-order valence-corrected chi connectivity index (χ4v) is 3.60. The Morgan fingerprint density at radius 1 is 1.22 bits per heavy atom. The van der Waals surface area contributed by atoms with Crippen molar-refractivity contribution in [1.29, 1.82) is 0 Å². The molecule has 1 saturated carbocycles. The Morgan fingerprint density at radius 2 is 1.96 bits per heavy atom. The topological polar surface area (TPSA) is 75.1 Å². The van der Waals surface area contributed by atoms with Crippen LogP contribution in [0.3, 0.4) is 0 Å². The first-order valence-electron chi connectivity index (χ1n) is 9.50. The minimum atomic E-state index is 0. The van der Waals surface area contributed by atoms with Gasteiger partial charge in [0.25, 0.3) is 0 Å². The number of hydrogen-bond donors (Lipinski definition) is 3. The van der Waals surface area contributed by atoms with Gasteiger partial charge in [-0.05, 0) is 37.7 Å². The molecule has 0 amide bonds. The number of nitrogens with zero attached hydrogens (tertiary/aromatic N) is 1. The quantitative estimate of drug-likeness (QED) is 0.279. The first-order valence-corrected chi connectivity index (χ1v) is 9.50. The minimum absolute atomic E-state index is 0. The van der Waals surface area contributed by atoms with Gasteiger partial charge in [0.2, 0.25) is 0 Å². The Kier molecular flexibility index (Phi) is 10.8. The predicted molar refractivity (Wildman–Crippen MR) is 120 cm³/mol. The Morgan fingerprint density at radius 3 is 2.59 bits per heavy atom. The Labute approximate surface area is 180 Å². The van der Waals surface area contributed by atoms with E-state index >= 15 is 0 Å². The minimum Gasteiger partial charge on any atom is -0.504 e. The third kappa shape index (κ3) is 7.03. The van der Waals surface area contributed by atoms with Crippen molar-refractivity contribution in [3.63, 3.8) is 0 Å². The normalized spacial score (nSPS) is 15.9. The summed E-state index contributed by atoms with van der Waals surface area (Å²) >= 11 is 0. The molecule has 6 nitrogen and oxygen atoms in total. The van der Waals surface area contributed by atoms with Gasteiger partial charge < -0.3 is 25.2 Å². The second-order valence-electron chi connectivity index (χ2n) is 6.97. The number of halogens is 1. The van der Waals surface area contributed by atoms with Gasteiger partial charge in [-0.2, -0.15) is 0 Å². The van der Waals surface area contributed by atoms with Crippen molar-refractivity contribution >= 4 is 29.9 Å². The third-order valence-electron chi connectivity index (χ3n) is 5.19. The van der Waals surface area contributed by atoms with E-state index in [1.807, 2.05) is 12.1 Å². The molecule has 0 spiro atoms. The van der Waals surface area contributed by atoms with Gasteiger partial charge in [0.05, 0.1) is 13.7 Å². The lowest BCUT2D eigenvalue weighted by Gasteiger charge is -2.30. The number of aromatic hydroxyl groups is 1. The predicted octanol–water partition coefficient (Wildman–Crippen LogP) is 3.67. The molecule has 27 heavy (non-hydrogen) atoms. The Balaban J connectivity index is 0.00000364. The number of rotatable bonds is 9. The molecule has 0 radical (unpaired) electrons. The highest BCUT2D eigenvalue weighted by Crippen LogP contribution is 2.40. The van der Waals surface area contributed by atoms with E-state index in [2.05, 4.69) is 22.5 Å². The van der Waals surface area contributed by atoms with Gasteiger partial charge in [-0.25, -0.2) is 4.99 Å². The highest BCUT2D eigenvalue weighted by Gasteiger charge is 2.33. The third-order valence-corrected chi connectivity index (χ3v) is 5.19. The number of methoxy groups -OCH3 is 2. The van der Waals surface area contributed by atoms with Crippen LogP contribution < -0.4 is 15.4 Å². The van der Waals surface area contributed by atoms with Crippen LogP contribution in [-0.2, 0) is 11.3 Å². The zero-order valence-corrected chi connectivity index (χ0v) is 19.0. The molecule has 154 valence electrons. The molecule has 0 atom stereocenters. The van der Waals surface area contributed by atoms with E-state index in [1.165, 1.54) is 25.7 Å². The first kappa shape index (κ1) is 23.8. The summed E-state index contributed by atoms with van der Waals surface area (Å²) in [5.41, 5.74) is 1.04. The molecule has 1 fully saturated rings. The van der Waals surface area contributed by atoms with Crippen molar-refractivity contribution in [2.24, 2.45) is 10.4 Å². The van der Waals surface area contributed by atoms with Crippen LogP contribution in [0.2, 0.25) is 0 Å². The van der Waals surface area contributed by atoms with Crippen LogP contribution in [0, 0.1) is 5.41 Å². The summed E-state index contributed by atoms with van der Waals surface area (Å²) in [5.74, 6) is 1.40. The van der Waals surface area contributed by atoms with Crippen LogP contribution in [0.25, 0.3) is 0 Å². The Bertz CT molecular complexity index is 590. The zero-order valence-electron chi connectivity index (χ0n) is 16.7. The summed E-state index contributed by atoms with van der Waals surface area (Å²) in [6, 6.07) is 5.47. The molecule has 1 aliphatic carbocycles. The van der Waals surface area contributed by atoms with E-state index in [0.717, 1.165) is 37.6 Å². The molecule has 0 aliphatic heterocycles. The average Bonchev–Trinajstić information content (AvgIpc) is 3.12. The van der Waals surface area contributed by atoms with Crippen molar-refractivity contribution in [3.05, 3.63) is 23.8 Å². The van der Waals surface area contributed by atoms with E-state index < -0.39 is 0 Å². The fourth-order valence-electron chi connectivity index (χ4n) is 3.60. The van der Waals surface area contributed by atoms with Crippen LogP contribution in [-0.4, -0.2) is 45.0 Å². The second-order valence-corrected chi connectivity index (χ2v) is 6.97. The fraction of sp³-hybridized carbons (Fsp3) is 0.650. The first-order chi connectivity index (χ1) is 12.6. The summed E-state index contributed by atoms with van der Waals surface area (Å²) in [6.45, 7) is 4.93. The standard InChI is InChI=1S/C20H33N3O3.HI/c1-4-21-19(22-14-16-8-7-9-17(26-3)18(16)24)23-15-20(12-13-25-2)10-5-6-11-20;/h7-9,24H,4-6,10-15H2,1-3H3,(H2,21,22,23);1H. The lowest BCUT2D eigenvalue weighted by Crippen LogP contribution is -2.43. The van der Waals surface area contributed by atoms with Crippen molar-refractivity contribution < 1.29 is 14.6 Å². The van der Waals surface area contributed by atoms with E-state index in [0.29, 0.717) is 17.7 Å². The number of aliphatic imine (C=N–C) groups is 1. The van der Waals surface area contributed by atoms with E-state index in [-0.39, 0.29) is 29.7 Å². The van der Waals surface area contributed by atoms with Gasteiger partial charge in [-0.3, -0.25) is 0 Å². The molecule has 0 saturated heterocycles. The lowest BCUT2D eigenvalue weighted by atomic mass is 9.83. The molecule has 7 heteroatoms. The number of hydrogen-bond acceptors (Lipinski definition) is 4. The molecular weight excluding hydrogens is 457 g/mol. The van der Waals surface area contributed by atoms with Gasteiger partial charge in [0.1, 0.15) is 0 Å². The highest BCUT2D eigenvalue weighted by atomic mass is 127. The molecule has 0 heterocycles. The number of nitrogens with one attached hydrogen (secondary N) is 2. The number of guanidine groups is 1. The number of para-hydroxylation sites is 1. The average molecular weight is 491 g/mol. The van der Waals surface area contributed by atoms with E-state index in [4.69, 9.17) is 9.47 Å². The number of benzene rings is 1. The smallest absolute Gasteiger partial charge is 0.191 e. The van der Waals surface area contributed by atoms with Gasteiger partial charge >= 0.3 is 0 Å². The SMILES string of the molecule is CCNC(=NCc1cccc(OC)c1O)NCC1(CCOC)CCCC1.I. The number of phenols is 1. The van der Waals surface area contributed by atoms with E-state index in [1.54, 1.807) is 20.3 Å². The molecule has 1 aliphatic rings. The van der Waals surface area contributed by atoms with Gasteiger partial charge in [0, 0.05) is 32.4 Å². The summed E-state index contributed by atoms with van der Waals surface area (Å²) in [4.78, 5) is 4.64. The van der Waals surface area contributed by atoms with Crippen molar-refractivity contribution in [2.75, 3.05) is 33.9 Å². The maximum Gasteiger partial charge on any atom is 0.191 e. The maximum atomic E-state index is 10.2. The molecule has 1 aromatic rings. The van der Waals surface area contributed by atoms with Crippen LogP contribution in [0.1, 0.15) is 44.6 Å². The van der Waals surface area contributed by atoms with Crippen LogP contribution in [0.4, 0.5) is 0 Å². The molecule has 0 bridgehead atoms. The van der Waals surface area contributed by atoms with Gasteiger partial charge in [-0.15, -0.1) is 24.0 Å². The van der Waals surface area contributed by atoms with Crippen LogP contribution >= 0.6 is 24.0 Å². The largest absolute Gasteiger partial charge is 0.504 e. The van der Waals surface area contributed by atoms with Crippen LogP contribution in [0.15, 0.2) is 23.2 Å². The molecule has 1 aromatic carbocycles. The molecular formula is C20H34IN3O3. The maximum absolute atomic E-state index is 10.2. The number of phenolic OH excluding ortho intramolecular Hbond substituents is 1. The summed E-state index contributed by atoms with van der Waals surface area (Å²) in [5, 5.41) is 17.0. The molecule has 2 rings (SSSR count). The second kappa shape index (κ2) is 12.3. The van der Waals surface area contributed by atoms with Crippen LogP contribution in [0.5, 0.6) is 11.5 Å². The van der Waals surface area contributed by atoms with E-state index in [9.17, 15) is 5.11 Å². The van der Waals surface area contributed by atoms with Crippen molar-refractivity contribution in [2.45, 2.75) is 45.6 Å².